The lowest BCUT2D eigenvalue weighted by molar-refractivity contribution is 0.200. The maximum Gasteiger partial charge on any atom is 0.0830 e. The Morgan fingerprint density at radius 1 is 0.969 bits per heavy atom. The summed E-state index contributed by atoms with van der Waals surface area (Å²) in [4.78, 5) is 2.18. The number of aliphatic hydroxyl groups excluding tert-OH is 1. The predicted molar refractivity (Wildman–Crippen MR) is 141 cm³/mol. The van der Waals surface area contributed by atoms with Gasteiger partial charge in [-0.1, -0.05) is 50.8 Å². The lowest BCUT2D eigenvalue weighted by Gasteiger charge is -2.32. The van der Waals surface area contributed by atoms with Gasteiger partial charge in [0.2, 0.25) is 0 Å². The third-order valence-corrected chi connectivity index (χ3v) is 8.01. The summed E-state index contributed by atoms with van der Waals surface area (Å²) in [7, 11) is -1.06. The number of aliphatic hydroxyl groups is 1. The predicted octanol–water partition coefficient (Wildman–Crippen LogP) is 6.50. The smallest absolute Gasteiger partial charge is 0.0830 e. The topological polar surface area (TPSA) is 52.6 Å². The van der Waals surface area contributed by atoms with E-state index in [1.54, 1.807) is 0 Å². The van der Waals surface area contributed by atoms with Crippen molar-refractivity contribution in [3.63, 3.8) is 0 Å². The molecule has 2 rings (SSSR count). The third-order valence-electron chi connectivity index (χ3n) is 5.88. The molecule has 0 aliphatic heterocycles. The highest BCUT2D eigenvalue weighted by atomic mass is 32.2. The molecule has 0 heterocycles. The zero-order chi connectivity index (χ0) is 23.6. The summed E-state index contributed by atoms with van der Waals surface area (Å²) < 4.78 is 12.7. The van der Waals surface area contributed by atoms with Gasteiger partial charge in [0, 0.05) is 45.2 Å². The van der Waals surface area contributed by atoms with Crippen molar-refractivity contribution >= 4 is 27.9 Å². The molecule has 5 heteroatoms. The molecular weight excluding hydrogens is 416 g/mol. The van der Waals surface area contributed by atoms with Crippen LogP contribution in [0.15, 0.2) is 54.6 Å². The molecule has 2 aromatic rings. The van der Waals surface area contributed by atoms with Crippen molar-refractivity contribution in [1.82, 2.24) is 0 Å². The molecule has 2 atom stereocenters. The van der Waals surface area contributed by atoms with Crippen LogP contribution in [0.1, 0.15) is 66.7 Å². The highest BCUT2D eigenvalue weighted by Crippen LogP contribution is 2.25. The minimum atomic E-state index is -1.06. The number of para-hydroxylation sites is 1. The quantitative estimate of drug-likeness (QED) is 0.317. The molecule has 0 radical (unpaired) electrons. The van der Waals surface area contributed by atoms with Gasteiger partial charge in [-0.2, -0.15) is 0 Å². The maximum absolute atomic E-state index is 13.0. The molecule has 0 amide bonds. The fourth-order valence-corrected chi connectivity index (χ4v) is 5.09. The van der Waals surface area contributed by atoms with Crippen LogP contribution >= 0.6 is 0 Å². The number of anilines is 3. The van der Waals surface area contributed by atoms with Gasteiger partial charge in [0.25, 0.3) is 0 Å². The summed E-state index contributed by atoms with van der Waals surface area (Å²) >= 11 is 0. The molecule has 2 unspecified atom stereocenters. The number of hydrogen-bond acceptors (Lipinski definition) is 4. The molecule has 0 aliphatic rings. The van der Waals surface area contributed by atoms with Gasteiger partial charge < -0.3 is 15.3 Å². The first kappa shape index (κ1) is 26.4. The molecule has 0 aliphatic carbocycles. The highest BCUT2D eigenvalue weighted by molar-refractivity contribution is 7.86. The number of benzene rings is 2. The first-order valence-corrected chi connectivity index (χ1v) is 13.3. The second-order valence-electron chi connectivity index (χ2n) is 9.52. The maximum atomic E-state index is 13.0. The van der Waals surface area contributed by atoms with Gasteiger partial charge in [-0.15, -0.1) is 0 Å². The molecule has 0 saturated heterocycles. The van der Waals surface area contributed by atoms with Crippen LogP contribution in [0.4, 0.5) is 17.1 Å². The van der Waals surface area contributed by atoms with Gasteiger partial charge in [0.1, 0.15) is 0 Å². The Morgan fingerprint density at radius 3 is 2.19 bits per heavy atom. The largest absolute Gasteiger partial charge is 0.390 e. The van der Waals surface area contributed by atoms with Gasteiger partial charge in [-0.25, -0.2) is 0 Å². The molecule has 0 fully saturated rings. The normalized spacial score (nSPS) is 13.7. The van der Waals surface area contributed by atoms with Crippen molar-refractivity contribution in [3.05, 3.63) is 54.6 Å². The zero-order valence-corrected chi connectivity index (χ0v) is 21.3. The summed E-state index contributed by atoms with van der Waals surface area (Å²) in [5.41, 5.74) is 3.13. The van der Waals surface area contributed by atoms with Crippen molar-refractivity contribution in [3.8, 4) is 0 Å². The Bertz CT molecular complexity index is 806. The molecule has 2 N–H and O–H groups in total. The van der Waals surface area contributed by atoms with Gasteiger partial charge in [-0.05, 0) is 70.5 Å². The Hall–Kier alpha value is -1.85. The number of hydrogen-bond donors (Lipinski definition) is 2. The minimum absolute atomic E-state index is 0.230. The average Bonchev–Trinajstić information content (AvgIpc) is 2.76. The Kier molecular flexibility index (Phi) is 10.7. The summed E-state index contributed by atoms with van der Waals surface area (Å²) in [5.74, 6) is 0.317. The van der Waals surface area contributed by atoms with Gasteiger partial charge in [0.05, 0.1) is 11.9 Å². The number of nitrogens with zero attached hydrogens (tertiary/aromatic N) is 1. The van der Waals surface area contributed by atoms with E-state index in [0.29, 0.717) is 12.3 Å². The van der Waals surface area contributed by atoms with Crippen LogP contribution < -0.4 is 10.2 Å². The fourth-order valence-electron chi connectivity index (χ4n) is 3.81. The average molecular weight is 459 g/mol. The van der Waals surface area contributed by atoms with E-state index in [2.05, 4.69) is 69.1 Å². The fraction of sp³-hybridized carbons (Fsp3) is 0.556. The number of unbranched alkanes of at least 4 members (excludes halogenated alkanes) is 3. The summed E-state index contributed by atoms with van der Waals surface area (Å²) in [6, 6.07) is 18.6. The van der Waals surface area contributed by atoms with E-state index >= 15 is 0 Å². The molecule has 32 heavy (non-hydrogen) atoms. The van der Waals surface area contributed by atoms with E-state index < -0.39 is 16.9 Å². The van der Waals surface area contributed by atoms with Gasteiger partial charge in [-0.3, -0.25) is 4.21 Å². The lowest BCUT2D eigenvalue weighted by atomic mass is 10.0. The second kappa shape index (κ2) is 13.0. The monoisotopic (exact) mass is 458 g/mol. The third kappa shape index (κ3) is 8.59. The second-order valence-corrected chi connectivity index (χ2v) is 11.6. The van der Waals surface area contributed by atoms with Crippen LogP contribution in [0.2, 0.25) is 0 Å². The molecule has 0 saturated carbocycles. The number of nitrogens with one attached hydrogen (secondary N) is 1. The molecule has 4 nitrogen and oxygen atoms in total. The number of rotatable bonds is 14. The van der Waals surface area contributed by atoms with Crippen LogP contribution in [0, 0.1) is 0 Å². The summed E-state index contributed by atoms with van der Waals surface area (Å²) in [6.45, 7) is 11.1. The van der Waals surface area contributed by atoms with E-state index in [4.69, 9.17) is 0 Å². The first-order chi connectivity index (χ1) is 15.2. The molecule has 0 aromatic heterocycles. The van der Waals surface area contributed by atoms with Crippen LogP contribution in [0.5, 0.6) is 0 Å². The van der Waals surface area contributed by atoms with Crippen molar-refractivity contribution in [2.24, 2.45) is 0 Å². The SMILES string of the molecule is CCCCCCC(C)(C)S(=O)CC(O)CN(c1ccc(Nc2ccccc2)cc1)C(C)C. The van der Waals surface area contributed by atoms with Crippen molar-refractivity contribution in [2.75, 3.05) is 22.5 Å². The standard InChI is InChI=1S/C27H42N2O2S/c1-6-7-8-12-19-27(4,5)32(31)21-26(30)20-29(22(2)3)25-17-15-24(16-18-25)28-23-13-10-9-11-14-23/h9-11,13-18,22,26,28,30H,6-8,12,19-21H2,1-5H3. The molecule has 0 spiro atoms. The van der Waals surface area contributed by atoms with E-state index in [0.717, 1.165) is 29.9 Å². The first-order valence-electron chi connectivity index (χ1n) is 12.0. The summed E-state index contributed by atoms with van der Waals surface area (Å²) in [6.07, 6.45) is 5.04. The highest BCUT2D eigenvalue weighted by Gasteiger charge is 2.28. The lowest BCUT2D eigenvalue weighted by Crippen LogP contribution is -2.42. The van der Waals surface area contributed by atoms with Gasteiger partial charge in [0.15, 0.2) is 0 Å². The van der Waals surface area contributed by atoms with E-state index in [9.17, 15) is 9.32 Å². The minimum Gasteiger partial charge on any atom is -0.390 e. The van der Waals surface area contributed by atoms with Crippen molar-refractivity contribution < 1.29 is 9.32 Å². The molecule has 0 bridgehead atoms. The van der Waals surface area contributed by atoms with Crippen LogP contribution in [0.3, 0.4) is 0 Å². The molecule has 178 valence electrons. The van der Waals surface area contributed by atoms with Crippen molar-refractivity contribution in [2.45, 2.75) is 83.6 Å². The Morgan fingerprint density at radius 2 is 1.59 bits per heavy atom. The van der Waals surface area contributed by atoms with Crippen LogP contribution in [-0.4, -0.2) is 38.5 Å². The van der Waals surface area contributed by atoms with E-state index in [-0.39, 0.29) is 10.8 Å². The van der Waals surface area contributed by atoms with Gasteiger partial charge >= 0.3 is 0 Å². The summed E-state index contributed by atoms with van der Waals surface area (Å²) in [5, 5.41) is 14.2. The van der Waals surface area contributed by atoms with Crippen molar-refractivity contribution in [1.29, 1.82) is 0 Å². The zero-order valence-electron chi connectivity index (χ0n) is 20.5. The molecule has 2 aromatic carbocycles. The Labute approximate surface area is 197 Å². The van der Waals surface area contributed by atoms with E-state index in [1.165, 1.54) is 19.3 Å². The van der Waals surface area contributed by atoms with E-state index in [1.807, 2.05) is 30.3 Å². The Balaban J connectivity index is 1.95. The molecular formula is C27H42N2O2S. The van der Waals surface area contributed by atoms with Crippen LogP contribution in [0.25, 0.3) is 0 Å². The van der Waals surface area contributed by atoms with Crippen LogP contribution in [-0.2, 0) is 10.8 Å².